The van der Waals surface area contributed by atoms with Gasteiger partial charge in [0.2, 0.25) is 0 Å². The minimum absolute atomic E-state index is 0.108. The van der Waals surface area contributed by atoms with Gasteiger partial charge < -0.3 is 14.6 Å². The minimum atomic E-state index is -0.108. The number of hydrogen-bond acceptors (Lipinski definition) is 4. The first kappa shape index (κ1) is 17.7. The summed E-state index contributed by atoms with van der Waals surface area (Å²) in [7, 11) is 1.74. The second kappa shape index (κ2) is 7.90. The van der Waals surface area contributed by atoms with Gasteiger partial charge >= 0.3 is 0 Å². The summed E-state index contributed by atoms with van der Waals surface area (Å²) >= 11 is 0. The molecule has 0 spiro atoms. The monoisotopic (exact) mass is 364 g/mol. The Balaban J connectivity index is 1.50. The highest BCUT2D eigenvalue weighted by Crippen LogP contribution is 2.24. The number of anilines is 1. The molecule has 2 aromatic carbocycles. The van der Waals surface area contributed by atoms with Crippen molar-refractivity contribution in [1.82, 2.24) is 14.5 Å². The molecule has 1 aliphatic rings. The van der Waals surface area contributed by atoms with Crippen molar-refractivity contribution < 1.29 is 9.53 Å². The molecule has 1 amide bonds. The van der Waals surface area contributed by atoms with E-state index in [2.05, 4.69) is 14.8 Å². The SMILES string of the molecule is COCCCN1CCn2c(nc3cc(NC(=O)c4ccccc4)ccc32)C1. The molecule has 1 aliphatic heterocycles. The fraction of sp³-hybridized carbons (Fsp3) is 0.333. The second-order valence-corrected chi connectivity index (χ2v) is 6.83. The van der Waals surface area contributed by atoms with Crippen LogP contribution in [0.5, 0.6) is 0 Å². The van der Waals surface area contributed by atoms with Crippen molar-refractivity contribution in [3.05, 3.63) is 59.9 Å². The number of imidazole rings is 1. The Labute approximate surface area is 158 Å². The van der Waals surface area contributed by atoms with Gasteiger partial charge in [-0.15, -0.1) is 0 Å². The molecule has 0 saturated heterocycles. The summed E-state index contributed by atoms with van der Waals surface area (Å²) in [5, 5.41) is 2.96. The quantitative estimate of drug-likeness (QED) is 0.683. The Kier molecular flexibility index (Phi) is 5.18. The Morgan fingerprint density at radius 2 is 2.04 bits per heavy atom. The zero-order valence-electron chi connectivity index (χ0n) is 15.5. The van der Waals surface area contributed by atoms with Gasteiger partial charge in [0.1, 0.15) is 5.82 Å². The number of amides is 1. The summed E-state index contributed by atoms with van der Waals surface area (Å²) in [6.07, 6.45) is 1.03. The molecular weight excluding hydrogens is 340 g/mol. The third-order valence-corrected chi connectivity index (χ3v) is 4.95. The molecule has 0 bridgehead atoms. The Morgan fingerprint density at radius 1 is 1.19 bits per heavy atom. The van der Waals surface area contributed by atoms with Crippen LogP contribution in [0.25, 0.3) is 11.0 Å². The van der Waals surface area contributed by atoms with Crippen molar-refractivity contribution in [3.8, 4) is 0 Å². The van der Waals surface area contributed by atoms with Crippen LogP contribution in [0.2, 0.25) is 0 Å². The van der Waals surface area contributed by atoms with Gasteiger partial charge in [0.25, 0.3) is 5.91 Å². The van der Waals surface area contributed by atoms with E-state index in [0.29, 0.717) is 5.56 Å². The zero-order valence-corrected chi connectivity index (χ0v) is 15.5. The van der Waals surface area contributed by atoms with Gasteiger partial charge in [0.15, 0.2) is 0 Å². The molecule has 6 heteroatoms. The molecule has 27 heavy (non-hydrogen) atoms. The molecular formula is C21H24N4O2. The third-order valence-electron chi connectivity index (χ3n) is 4.95. The summed E-state index contributed by atoms with van der Waals surface area (Å²) in [5.41, 5.74) is 3.46. The van der Waals surface area contributed by atoms with Gasteiger partial charge in [0, 0.05) is 44.6 Å². The molecule has 4 rings (SSSR count). The highest BCUT2D eigenvalue weighted by Gasteiger charge is 2.20. The lowest BCUT2D eigenvalue weighted by molar-refractivity contribution is 0.102. The van der Waals surface area contributed by atoms with E-state index in [1.165, 1.54) is 0 Å². The van der Waals surface area contributed by atoms with Crippen LogP contribution in [-0.2, 0) is 17.8 Å². The molecule has 3 aromatic rings. The molecule has 0 fully saturated rings. The maximum atomic E-state index is 12.4. The van der Waals surface area contributed by atoms with E-state index in [9.17, 15) is 4.79 Å². The summed E-state index contributed by atoms with van der Waals surface area (Å²) in [5.74, 6) is 0.975. The lowest BCUT2D eigenvalue weighted by Gasteiger charge is -2.27. The van der Waals surface area contributed by atoms with Gasteiger partial charge in [-0.2, -0.15) is 0 Å². The lowest BCUT2D eigenvalue weighted by atomic mass is 10.2. The Hall–Kier alpha value is -2.70. The number of aromatic nitrogens is 2. The van der Waals surface area contributed by atoms with Crippen LogP contribution >= 0.6 is 0 Å². The van der Waals surface area contributed by atoms with Gasteiger partial charge in [-0.25, -0.2) is 4.98 Å². The second-order valence-electron chi connectivity index (χ2n) is 6.83. The molecule has 0 radical (unpaired) electrons. The van der Waals surface area contributed by atoms with Crippen LogP contribution in [-0.4, -0.2) is 47.2 Å². The molecule has 1 N–H and O–H groups in total. The molecule has 0 atom stereocenters. The molecule has 0 aliphatic carbocycles. The molecule has 140 valence electrons. The third kappa shape index (κ3) is 3.86. The lowest BCUT2D eigenvalue weighted by Crippen LogP contribution is -2.34. The number of nitrogens with one attached hydrogen (secondary N) is 1. The minimum Gasteiger partial charge on any atom is -0.385 e. The topological polar surface area (TPSA) is 59.4 Å². The van der Waals surface area contributed by atoms with Crippen molar-refractivity contribution in [2.24, 2.45) is 0 Å². The highest BCUT2D eigenvalue weighted by molar-refractivity contribution is 6.04. The van der Waals surface area contributed by atoms with Crippen molar-refractivity contribution in [3.63, 3.8) is 0 Å². The van der Waals surface area contributed by atoms with Gasteiger partial charge in [0.05, 0.1) is 17.6 Å². The molecule has 1 aromatic heterocycles. The van der Waals surface area contributed by atoms with E-state index < -0.39 is 0 Å². The number of fused-ring (bicyclic) bond motifs is 3. The first-order valence-electron chi connectivity index (χ1n) is 9.31. The van der Waals surface area contributed by atoms with Crippen LogP contribution in [0.1, 0.15) is 22.6 Å². The van der Waals surface area contributed by atoms with Crippen LogP contribution in [0.4, 0.5) is 5.69 Å². The first-order valence-corrected chi connectivity index (χ1v) is 9.31. The number of rotatable bonds is 6. The number of hydrogen-bond donors (Lipinski definition) is 1. The molecule has 6 nitrogen and oxygen atoms in total. The Morgan fingerprint density at radius 3 is 2.85 bits per heavy atom. The molecule has 0 saturated carbocycles. The molecule has 0 unspecified atom stereocenters. The van der Waals surface area contributed by atoms with Crippen LogP contribution in [0.15, 0.2) is 48.5 Å². The van der Waals surface area contributed by atoms with Gasteiger partial charge in [-0.3, -0.25) is 9.69 Å². The van der Waals surface area contributed by atoms with Gasteiger partial charge in [-0.1, -0.05) is 18.2 Å². The summed E-state index contributed by atoms with van der Waals surface area (Å²) < 4.78 is 7.43. The van der Waals surface area contributed by atoms with Crippen LogP contribution in [0, 0.1) is 0 Å². The van der Waals surface area contributed by atoms with E-state index in [-0.39, 0.29) is 5.91 Å². The van der Waals surface area contributed by atoms with Crippen LogP contribution < -0.4 is 5.32 Å². The van der Waals surface area contributed by atoms with Crippen molar-refractivity contribution in [1.29, 1.82) is 0 Å². The maximum absolute atomic E-state index is 12.4. The van der Waals surface area contributed by atoms with Crippen molar-refractivity contribution >= 4 is 22.6 Å². The average molecular weight is 364 g/mol. The highest BCUT2D eigenvalue weighted by atomic mass is 16.5. The fourth-order valence-electron chi connectivity index (χ4n) is 3.56. The van der Waals surface area contributed by atoms with E-state index in [1.54, 1.807) is 19.2 Å². The number of benzene rings is 2. The zero-order chi connectivity index (χ0) is 18.6. The smallest absolute Gasteiger partial charge is 0.255 e. The first-order chi connectivity index (χ1) is 13.2. The average Bonchev–Trinajstić information content (AvgIpc) is 3.05. The van der Waals surface area contributed by atoms with E-state index in [0.717, 1.165) is 61.8 Å². The van der Waals surface area contributed by atoms with Crippen molar-refractivity contribution in [2.45, 2.75) is 19.5 Å². The van der Waals surface area contributed by atoms with E-state index in [1.807, 2.05) is 36.4 Å². The number of carbonyl (C=O) groups excluding carboxylic acids is 1. The largest absolute Gasteiger partial charge is 0.385 e. The summed E-state index contributed by atoms with van der Waals surface area (Å²) in [6.45, 7) is 4.63. The number of carbonyl (C=O) groups is 1. The summed E-state index contributed by atoms with van der Waals surface area (Å²) in [4.78, 5) is 19.6. The number of nitrogens with zero attached hydrogens (tertiary/aromatic N) is 3. The van der Waals surface area contributed by atoms with E-state index >= 15 is 0 Å². The van der Waals surface area contributed by atoms with E-state index in [4.69, 9.17) is 9.72 Å². The van der Waals surface area contributed by atoms with Crippen LogP contribution in [0.3, 0.4) is 0 Å². The van der Waals surface area contributed by atoms with Gasteiger partial charge in [-0.05, 0) is 36.8 Å². The molecule has 2 heterocycles. The van der Waals surface area contributed by atoms with Crippen molar-refractivity contribution in [2.75, 3.05) is 32.1 Å². The maximum Gasteiger partial charge on any atom is 0.255 e. The number of ether oxygens (including phenoxy) is 1. The number of methoxy groups -OCH3 is 1. The normalized spacial score (nSPS) is 14.3. The summed E-state index contributed by atoms with van der Waals surface area (Å²) in [6, 6.07) is 15.2. The predicted octanol–water partition coefficient (Wildman–Crippen LogP) is 3.14. The predicted molar refractivity (Wildman–Crippen MR) is 106 cm³/mol. The Bertz CT molecular complexity index is 936. The standard InChI is InChI=1S/C21H24N4O2/c1-27-13-5-10-24-11-12-25-19-9-8-17(14-18(19)23-20(25)15-24)22-21(26)16-6-3-2-4-7-16/h2-4,6-9,14H,5,10-13,15H2,1H3,(H,22,26). The fourth-order valence-corrected chi connectivity index (χ4v) is 3.56.